The number of benzene rings is 3. The fourth-order valence-electron chi connectivity index (χ4n) is 4.72. The van der Waals surface area contributed by atoms with Gasteiger partial charge in [0.25, 0.3) is 11.5 Å². The van der Waals surface area contributed by atoms with Crippen LogP contribution in [0, 0.1) is 13.8 Å². The molecule has 0 bridgehead atoms. The molecule has 0 aliphatic carbocycles. The van der Waals surface area contributed by atoms with Crippen molar-refractivity contribution >= 4 is 34.5 Å². The molecule has 1 saturated heterocycles. The van der Waals surface area contributed by atoms with Crippen LogP contribution in [0.25, 0.3) is 22.9 Å². The standard InChI is InChI=1S/C30H30N4O4/c1-19-7-8-20(2)27(15-19)33-11-13-34(14-12-33)30(37)22-9-10-24-25(17-22)32-29(36)26(31-24)18-28(35)21-5-4-6-23(16-21)38-3/h4-10,15-18,35H,11-14H2,1-3H3,(H,32,36)/b28-18-. The summed E-state index contributed by atoms with van der Waals surface area (Å²) in [5.41, 5.74) is 5.26. The van der Waals surface area contributed by atoms with Gasteiger partial charge in [0.1, 0.15) is 17.2 Å². The van der Waals surface area contributed by atoms with Crippen LogP contribution in [-0.2, 0) is 0 Å². The number of carbonyl (C=O) groups is 1. The summed E-state index contributed by atoms with van der Waals surface area (Å²) >= 11 is 0. The smallest absolute Gasteiger partial charge is 0.274 e. The molecular weight excluding hydrogens is 480 g/mol. The molecule has 5 rings (SSSR count). The molecule has 3 aromatic carbocycles. The van der Waals surface area contributed by atoms with Gasteiger partial charge in [0, 0.05) is 49.1 Å². The molecule has 8 heteroatoms. The van der Waals surface area contributed by atoms with Gasteiger partial charge < -0.3 is 24.6 Å². The molecule has 2 heterocycles. The average molecular weight is 511 g/mol. The van der Waals surface area contributed by atoms with E-state index in [0.29, 0.717) is 41.0 Å². The maximum atomic E-state index is 13.3. The second kappa shape index (κ2) is 10.4. The first kappa shape index (κ1) is 25.1. The van der Waals surface area contributed by atoms with Crippen molar-refractivity contribution in [1.82, 2.24) is 14.9 Å². The lowest BCUT2D eigenvalue weighted by molar-refractivity contribution is 0.0747. The summed E-state index contributed by atoms with van der Waals surface area (Å²) in [4.78, 5) is 37.4. The number of H-pyrrole nitrogens is 1. The van der Waals surface area contributed by atoms with Gasteiger partial charge in [0.05, 0.1) is 18.1 Å². The Balaban J connectivity index is 1.33. The molecule has 4 aromatic rings. The number of aliphatic hydroxyl groups excluding tert-OH is 1. The molecule has 1 aliphatic heterocycles. The number of amides is 1. The number of hydrogen-bond acceptors (Lipinski definition) is 6. The number of aryl methyl sites for hydroxylation is 2. The topological polar surface area (TPSA) is 98.8 Å². The molecule has 0 radical (unpaired) electrons. The van der Waals surface area contributed by atoms with E-state index < -0.39 is 5.56 Å². The highest BCUT2D eigenvalue weighted by Crippen LogP contribution is 2.24. The number of nitrogens with one attached hydrogen (secondary N) is 1. The van der Waals surface area contributed by atoms with Gasteiger partial charge in [0.15, 0.2) is 0 Å². The maximum absolute atomic E-state index is 13.3. The number of aliphatic hydroxyl groups is 1. The van der Waals surface area contributed by atoms with E-state index in [1.54, 1.807) is 49.6 Å². The summed E-state index contributed by atoms with van der Waals surface area (Å²) in [5, 5.41) is 10.5. The Morgan fingerprint density at radius 1 is 1.00 bits per heavy atom. The average Bonchev–Trinajstić information content (AvgIpc) is 2.94. The summed E-state index contributed by atoms with van der Waals surface area (Å²) in [7, 11) is 1.54. The van der Waals surface area contributed by atoms with Gasteiger partial charge in [-0.15, -0.1) is 0 Å². The van der Waals surface area contributed by atoms with Gasteiger partial charge in [-0.25, -0.2) is 4.98 Å². The molecule has 1 aromatic heterocycles. The van der Waals surface area contributed by atoms with Crippen LogP contribution in [0.1, 0.15) is 32.7 Å². The van der Waals surface area contributed by atoms with Gasteiger partial charge in [-0.2, -0.15) is 0 Å². The third-order valence-electron chi connectivity index (χ3n) is 6.88. The third-order valence-corrected chi connectivity index (χ3v) is 6.88. The first-order chi connectivity index (χ1) is 18.3. The molecule has 1 fully saturated rings. The highest BCUT2D eigenvalue weighted by atomic mass is 16.5. The van der Waals surface area contributed by atoms with E-state index in [1.807, 2.05) is 4.90 Å². The van der Waals surface area contributed by atoms with Crippen LogP contribution in [0.4, 0.5) is 5.69 Å². The van der Waals surface area contributed by atoms with Crippen LogP contribution >= 0.6 is 0 Å². The van der Waals surface area contributed by atoms with Crippen LogP contribution in [0.2, 0.25) is 0 Å². The molecule has 194 valence electrons. The normalized spacial score (nSPS) is 14.1. The lowest BCUT2D eigenvalue weighted by Gasteiger charge is -2.37. The zero-order valence-electron chi connectivity index (χ0n) is 21.7. The van der Waals surface area contributed by atoms with Crippen molar-refractivity contribution in [1.29, 1.82) is 0 Å². The quantitative estimate of drug-likeness (QED) is 0.382. The van der Waals surface area contributed by atoms with Crippen LogP contribution in [0.3, 0.4) is 0 Å². The van der Waals surface area contributed by atoms with Crippen LogP contribution in [0.15, 0.2) is 65.5 Å². The molecule has 1 aliphatic rings. The van der Waals surface area contributed by atoms with Gasteiger partial charge >= 0.3 is 0 Å². The number of piperazine rings is 1. The van der Waals surface area contributed by atoms with Crippen LogP contribution in [0.5, 0.6) is 5.75 Å². The summed E-state index contributed by atoms with van der Waals surface area (Å²) < 4.78 is 5.19. The van der Waals surface area contributed by atoms with E-state index in [9.17, 15) is 14.7 Å². The first-order valence-electron chi connectivity index (χ1n) is 12.5. The minimum Gasteiger partial charge on any atom is -0.507 e. The number of aromatic amines is 1. The largest absolute Gasteiger partial charge is 0.507 e. The van der Waals surface area contributed by atoms with Crippen molar-refractivity contribution in [3.05, 3.63) is 99.0 Å². The number of carbonyl (C=O) groups excluding carboxylic acids is 1. The van der Waals surface area contributed by atoms with E-state index >= 15 is 0 Å². The Morgan fingerprint density at radius 2 is 1.79 bits per heavy atom. The van der Waals surface area contributed by atoms with Crippen LogP contribution < -0.4 is 15.2 Å². The Bertz CT molecular complexity index is 1600. The number of nitrogens with zero attached hydrogens (tertiary/aromatic N) is 3. The van der Waals surface area contributed by atoms with Gasteiger partial charge in [-0.1, -0.05) is 24.3 Å². The molecule has 0 unspecified atom stereocenters. The van der Waals surface area contributed by atoms with Gasteiger partial charge in [0.2, 0.25) is 0 Å². The molecule has 38 heavy (non-hydrogen) atoms. The van der Waals surface area contributed by atoms with E-state index in [1.165, 1.54) is 22.9 Å². The summed E-state index contributed by atoms with van der Waals surface area (Å²) in [6.07, 6.45) is 1.32. The monoisotopic (exact) mass is 510 g/mol. The molecular formula is C30H30N4O4. The highest BCUT2D eigenvalue weighted by Gasteiger charge is 2.23. The van der Waals surface area contributed by atoms with E-state index in [-0.39, 0.29) is 17.4 Å². The lowest BCUT2D eigenvalue weighted by Crippen LogP contribution is -2.49. The van der Waals surface area contributed by atoms with E-state index in [4.69, 9.17) is 4.74 Å². The van der Waals surface area contributed by atoms with Gasteiger partial charge in [-0.3, -0.25) is 9.59 Å². The SMILES string of the molecule is COc1cccc(/C(O)=C/c2nc3ccc(C(=O)N4CCN(c5cc(C)ccc5C)CC4)cc3[nH]c2=O)c1. The summed E-state index contributed by atoms with van der Waals surface area (Å²) in [6.45, 7) is 6.95. The predicted octanol–water partition coefficient (Wildman–Crippen LogP) is 4.57. The number of methoxy groups -OCH3 is 1. The molecule has 0 spiro atoms. The molecule has 2 N–H and O–H groups in total. The van der Waals surface area contributed by atoms with Gasteiger partial charge in [-0.05, 0) is 61.4 Å². The minimum atomic E-state index is -0.460. The van der Waals surface area contributed by atoms with Crippen molar-refractivity contribution in [3.8, 4) is 5.75 Å². The highest BCUT2D eigenvalue weighted by molar-refractivity contribution is 5.97. The Morgan fingerprint density at radius 3 is 2.55 bits per heavy atom. The van der Waals surface area contributed by atoms with E-state index in [2.05, 4.69) is 46.9 Å². The third kappa shape index (κ3) is 5.11. The Kier molecular flexibility index (Phi) is 6.87. The maximum Gasteiger partial charge on any atom is 0.274 e. The van der Waals surface area contributed by atoms with Crippen LogP contribution in [-0.4, -0.2) is 59.2 Å². The second-order valence-corrected chi connectivity index (χ2v) is 9.51. The number of hydrogen-bond donors (Lipinski definition) is 2. The molecule has 8 nitrogen and oxygen atoms in total. The van der Waals surface area contributed by atoms with Crippen molar-refractivity contribution in [3.63, 3.8) is 0 Å². The number of anilines is 1. The summed E-state index contributed by atoms with van der Waals surface area (Å²) in [6, 6.07) is 18.4. The summed E-state index contributed by atoms with van der Waals surface area (Å²) in [5.74, 6) is 0.410. The van der Waals surface area contributed by atoms with Crippen molar-refractivity contribution < 1.29 is 14.6 Å². The number of aromatic nitrogens is 2. The lowest BCUT2D eigenvalue weighted by atomic mass is 10.1. The number of rotatable bonds is 5. The van der Waals surface area contributed by atoms with Crippen molar-refractivity contribution in [2.45, 2.75) is 13.8 Å². The van der Waals surface area contributed by atoms with Crippen molar-refractivity contribution in [2.75, 3.05) is 38.2 Å². The zero-order valence-corrected chi connectivity index (χ0v) is 21.7. The number of ether oxygens (including phenoxy) is 1. The Hall–Kier alpha value is -4.59. The van der Waals surface area contributed by atoms with E-state index in [0.717, 1.165) is 13.1 Å². The number of fused-ring (bicyclic) bond motifs is 1. The molecule has 0 atom stereocenters. The predicted molar refractivity (Wildman–Crippen MR) is 150 cm³/mol. The minimum absolute atomic E-state index is 0.0689. The fraction of sp³-hybridized carbons (Fsp3) is 0.233. The molecule has 0 saturated carbocycles. The van der Waals surface area contributed by atoms with Crippen molar-refractivity contribution in [2.24, 2.45) is 0 Å². The Labute approximate surface area is 220 Å². The fourth-order valence-corrected chi connectivity index (χ4v) is 4.72. The second-order valence-electron chi connectivity index (χ2n) is 9.51. The first-order valence-corrected chi connectivity index (χ1v) is 12.5. The molecule has 1 amide bonds. The zero-order chi connectivity index (χ0) is 26.8.